The Morgan fingerprint density at radius 1 is 1.25 bits per heavy atom. The third kappa shape index (κ3) is 4.07. The fourth-order valence-electron chi connectivity index (χ4n) is 2.92. The lowest BCUT2D eigenvalue weighted by Gasteiger charge is -2.33. The Balaban J connectivity index is 2.18. The minimum Gasteiger partial charge on any atom is -0.334 e. The molecular formula is C17H21F3N2O2. The number of halogens is 3. The number of hydrogen-bond donors (Lipinski definition) is 0. The summed E-state index contributed by atoms with van der Waals surface area (Å²) in [5.74, 6) is -2.36. The first-order valence-corrected chi connectivity index (χ1v) is 7.94. The van der Waals surface area contributed by atoms with Crippen molar-refractivity contribution in [2.45, 2.75) is 51.5 Å². The van der Waals surface area contributed by atoms with Crippen LogP contribution in [0, 0.1) is 0 Å². The summed E-state index contributed by atoms with van der Waals surface area (Å²) in [7, 11) is 0. The average molecular weight is 342 g/mol. The monoisotopic (exact) mass is 342 g/mol. The van der Waals surface area contributed by atoms with Crippen LogP contribution in [0.4, 0.5) is 13.2 Å². The van der Waals surface area contributed by atoms with E-state index in [1.165, 1.54) is 4.90 Å². The summed E-state index contributed by atoms with van der Waals surface area (Å²) in [6.07, 6.45) is -4.29. The van der Waals surface area contributed by atoms with Gasteiger partial charge in [-0.15, -0.1) is 0 Å². The average Bonchev–Trinajstić information content (AvgIpc) is 3.00. The predicted molar refractivity (Wildman–Crippen MR) is 82.9 cm³/mol. The van der Waals surface area contributed by atoms with Crippen molar-refractivity contribution in [2.75, 3.05) is 6.54 Å². The largest absolute Gasteiger partial charge is 0.471 e. The molecule has 24 heavy (non-hydrogen) atoms. The molecule has 2 amide bonds. The van der Waals surface area contributed by atoms with Gasteiger partial charge >= 0.3 is 12.1 Å². The fraction of sp³-hybridized carbons (Fsp3) is 0.529. The number of likely N-dealkylation sites (tertiary alicyclic amines) is 1. The van der Waals surface area contributed by atoms with Crippen molar-refractivity contribution in [1.29, 1.82) is 0 Å². The highest BCUT2D eigenvalue weighted by Gasteiger charge is 2.48. The topological polar surface area (TPSA) is 40.6 Å². The Morgan fingerprint density at radius 3 is 2.42 bits per heavy atom. The van der Waals surface area contributed by atoms with Crippen LogP contribution in [-0.2, 0) is 16.1 Å². The molecule has 1 aromatic carbocycles. The highest BCUT2D eigenvalue weighted by molar-refractivity contribution is 5.90. The first kappa shape index (κ1) is 18.3. The van der Waals surface area contributed by atoms with E-state index < -0.39 is 24.0 Å². The quantitative estimate of drug-likeness (QED) is 0.844. The molecule has 1 aromatic rings. The zero-order valence-corrected chi connectivity index (χ0v) is 13.7. The van der Waals surface area contributed by atoms with Gasteiger partial charge < -0.3 is 9.80 Å². The standard InChI is InChI=1S/C17H21F3N2O2/c1-12(2)22(11-13-7-4-3-5-8-13)15(23)14-9-6-10-21(14)16(24)17(18,19)20/h3-5,7-8,12,14H,6,9-11H2,1-2H3. The molecule has 1 saturated heterocycles. The molecule has 0 saturated carbocycles. The van der Waals surface area contributed by atoms with E-state index in [4.69, 9.17) is 0 Å². The first-order chi connectivity index (χ1) is 11.2. The summed E-state index contributed by atoms with van der Waals surface area (Å²) >= 11 is 0. The maximum atomic E-state index is 12.8. The van der Waals surface area contributed by atoms with Gasteiger partial charge in [-0.25, -0.2) is 0 Å². The minimum atomic E-state index is -4.95. The van der Waals surface area contributed by atoms with E-state index in [-0.39, 0.29) is 19.0 Å². The van der Waals surface area contributed by atoms with Crippen LogP contribution in [0.2, 0.25) is 0 Å². The Hall–Kier alpha value is -2.05. The molecule has 0 aromatic heterocycles. The van der Waals surface area contributed by atoms with Crippen LogP contribution in [0.3, 0.4) is 0 Å². The Bertz CT molecular complexity index is 587. The van der Waals surface area contributed by atoms with Gasteiger partial charge in [0.15, 0.2) is 0 Å². The van der Waals surface area contributed by atoms with E-state index in [1.54, 1.807) is 0 Å². The second-order valence-electron chi connectivity index (χ2n) is 6.20. The molecule has 1 fully saturated rings. The summed E-state index contributed by atoms with van der Waals surface area (Å²) in [6.45, 7) is 3.89. The van der Waals surface area contributed by atoms with Gasteiger partial charge in [-0.05, 0) is 32.3 Å². The maximum Gasteiger partial charge on any atom is 0.471 e. The Labute approximate surface area is 139 Å². The number of amides is 2. The molecule has 2 rings (SSSR count). The van der Waals surface area contributed by atoms with Crippen molar-refractivity contribution in [1.82, 2.24) is 9.80 Å². The SMILES string of the molecule is CC(C)N(Cc1ccccc1)C(=O)C1CCCN1C(=O)C(F)(F)F. The van der Waals surface area contributed by atoms with Gasteiger partial charge in [-0.1, -0.05) is 30.3 Å². The van der Waals surface area contributed by atoms with E-state index in [0.717, 1.165) is 5.56 Å². The summed E-state index contributed by atoms with van der Waals surface area (Å²) in [6, 6.07) is 8.03. The number of benzene rings is 1. The molecule has 0 aliphatic carbocycles. The van der Waals surface area contributed by atoms with Crippen LogP contribution < -0.4 is 0 Å². The van der Waals surface area contributed by atoms with Crippen molar-refractivity contribution in [3.63, 3.8) is 0 Å². The van der Waals surface area contributed by atoms with E-state index in [2.05, 4.69) is 0 Å². The molecule has 7 heteroatoms. The number of alkyl halides is 3. The number of nitrogens with zero attached hydrogens (tertiary/aromatic N) is 2. The number of carbonyl (C=O) groups is 2. The van der Waals surface area contributed by atoms with E-state index in [9.17, 15) is 22.8 Å². The van der Waals surface area contributed by atoms with E-state index >= 15 is 0 Å². The van der Waals surface area contributed by atoms with Crippen LogP contribution >= 0.6 is 0 Å². The van der Waals surface area contributed by atoms with Crippen LogP contribution in [0.5, 0.6) is 0 Å². The molecule has 4 nitrogen and oxygen atoms in total. The number of rotatable bonds is 4. The molecule has 0 N–H and O–H groups in total. The predicted octanol–water partition coefficient (Wildman–Crippen LogP) is 2.98. The Morgan fingerprint density at radius 2 is 1.88 bits per heavy atom. The van der Waals surface area contributed by atoms with Gasteiger partial charge in [-0.3, -0.25) is 9.59 Å². The minimum absolute atomic E-state index is 0.0357. The normalized spacial score (nSPS) is 18.1. The Kier molecular flexibility index (Phi) is 5.51. The van der Waals surface area contributed by atoms with E-state index in [1.807, 2.05) is 44.2 Å². The smallest absolute Gasteiger partial charge is 0.334 e. The zero-order valence-electron chi connectivity index (χ0n) is 13.7. The maximum absolute atomic E-state index is 12.8. The molecule has 0 spiro atoms. The molecule has 1 heterocycles. The van der Waals surface area contributed by atoms with Crippen molar-refractivity contribution in [3.8, 4) is 0 Å². The second-order valence-corrected chi connectivity index (χ2v) is 6.20. The number of carbonyl (C=O) groups excluding carboxylic acids is 2. The van der Waals surface area contributed by atoms with Crippen LogP contribution in [-0.4, -0.2) is 46.4 Å². The molecule has 1 atom stereocenters. The van der Waals surface area contributed by atoms with Crippen molar-refractivity contribution < 1.29 is 22.8 Å². The second kappa shape index (κ2) is 7.23. The lowest BCUT2D eigenvalue weighted by molar-refractivity contribution is -0.187. The van der Waals surface area contributed by atoms with Gasteiger partial charge in [-0.2, -0.15) is 13.2 Å². The number of hydrogen-bond acceptors (Lipinski definition) is 2. The lowest BCUT2D eigenvalue weighted by Crippen LogP contribution is -2.52. The van der Waals surface area contributed by atoms with Gasteiger partial charge in [0.1, 0.15) is 6.04 Å². The lowest BCUT2D eigenvalue weighted by atomic mass is 10.1. The summed E-state index contributed by atoms with van der Waals surface area (Å²) < 4.78 is 38.2. The van der Waals surface area contributed by atoms with Crippen molar-refractivity contribution in [2.24, 2.45) is 0 Å². The van der Waals surface area contributed by atoms with Gasteiger partial charge in [0, 0.05) is 19.1 Å². The summed E-state index contributed by atoms with van der Waals surface area (Å²) in [5.41, 5.74) is 0.895. The van der Waals surface area contributed by atoms with Gasteiger partial charge in [0.2, 0.25) is 5.91 Å². The molecule has 1 unspecified atom stereocenters. The molecular weight excluding hydrogens is 321 g/mol. The van der Waals surface area contributed by atoms with Gasteiger partial charge in [0.25, 0.3) is 0 Å². The van der Waals surface area contributed by atoms with E-state index in [0.29, 0.717) is 17.9 Å². The molecule has 1 aliphatic heterocycles. The molecule has 132 valence electrons. The fourth-order valence-corrected chi connectivity index (χ4v) is 2.92. The van der Waals surface area contributed by atoms with Crippen LogP contribution in [0.15, 0.2) is 30.3 Å². The first-order valence-electron chi connectivity index (χ1n) is 7.94. The summed E-state index contributed by atoms with van der Waals surface area (Å²) in [4.78, 5) is 26.6. The van der Waals surface area contributed by atoms with Crippen molar-refractivity contribution >= 4 is 11.8 Å². The van der Waals surface area contributed by atoms with Crippen molar-refractivity contribution in [3.05, 3.63) is 35.9 Å². The third-order valence-electron chi connectivity index (χ3n) is 4.14. The third-order valence-corrected chi connectivity index (χ3v) is 4.14. The van der Waals surface area contributed by atoms with Crippen LogP contribution in [0.25, 0.3) is 0 Å². The molecule has 0 radical (unpaired) electrons. The molecule has 0 bridgehead atoms. The summed E-state index contributed by atoms with van der Waals surface area (Å²) in [5, 5.41) is 0. The van der Waals surface area contributed by atoms with Gasteiger partial charge in [0.05, 0.1) is 0 Å². The zero-order chi connectivity index (χ0) is 17.9. The highest BCUT2D eigenvalue weighted by atomic mass is 19.4. The highest BCUT2D eigenvalue weighted by Crippen LogP contribution is 2.27. The van der Waals surface area contributed by atoms with Crippen LogP contribution in [0.1, 0.15) is 32.3 Å². The molecule has 1 aliphatic rings.